The van der Waals surface area contributed by atoms with Gasteiger partial charge in [-0.15, -0.1) is 0 Å². The highest BCUT2D eigenvalue weighted by atomic mass is 16.5. The number of allylic oxidation sites excluding steroid dienone is 3. The zero-order chi connectivity index (χ0) is 8.53. The number of ether oxygens (including phenoxy) is 1. The van der Waals surface area contributed by atoms with Gasteiger partial charge in [-0.25, -0.2) is 0 Å². The summed E-state index contributed by atoms with van der Waals surface area (Å²) in [6, 6.07) is 0. The van der Waals surface area contributed by atoms with Crippen molar-refractivity contribution in [2.75, 3.05) is 0 Å². The Morgan fingerprint density at radius 2 is 2.18 bits per heavy atom. The summed E-state index contributed by atoms with van der Waals surface area (Å²) in [5, 5.41) is 0. The van der Waals surface area contributed by atoms with Crippen molar-refractivity contribution in [1.29, 1.82) is 0 Å². The minimum absolute atomic E-state index is 0.316. The Bertz CT molecular complexity index is 168. The van der Waals surface area contributed by atoms with E-state index in [4.69, 9.17) is 0 Å². The Kier molecular flexibility index (Phi) is 5.99. The van der Waals surface area contributed by atoms with Gasteiger partial charge in [-0.1, -0.05) is 24.8 Å². The summed E-state index contributed by atoms with van der Waals surface area (Å²) in [6.45, 7) is 5.82. The first-order valence-electron chi connectivity index (χ1n) is 3.36. The molecule has 0 aliphatic heterocycles. The molecule has 0 saturated heterocycles. The third-order valence-corrected chi connectivity index (χ3v) is 1.05. The van der Waals surface area contributed by atoms with Crippen LogP contribution in [-0.4, -0.2) is 12.6 Å². The molecule has 0 heterocycles. The van der Waals surface area contributed by atoms with Crippen molar-refractivity contribution < 1.29 is 9.53 Å². The number of carbonyl (C=O) groups is 1. The van der Waals surface area contributed by atoms with Crippen LogP contribution >= 0.6 is 0 Å². The maximum atomic E-state index is 9.88. The van der Waals surface area contributed by atoms with Gasteiger partial charge in [0.05, 0.1) is 0 Å². The zero-order valence-corrected chi connectivity index (χ0v) is 6.57. The summed E-state index contributed by atoms with van der Waals surface area (Å²) in [5.41, 5.74) is 0. The van der Waals surface area contributed by atoms with E-state index in [1.807, 2.05) is 19.1 Å². The van der Waals surface area contributed by atoms with E-state index in [2.05, 4.69) is 11.3 Å². The smallest absolute Gasteiger partial charge is 0.293 e. The topological polar surface area (TPSA) is 26.3 Å². The fourth-order valence-electron chi connectivity index (χ4n) is 0.528. The molecule has 11 heavy (non-hydrogen) atoms. The molecule has 0 fully saturated rings. The quantitative estimate of drug-likeness (QED) is 0.341. The molecule has 0 amide bonds. The van der Waals surface area contributed by atoms with E-state index in [9.17, 15) is 4.79 Å². The van der Waals surface area contributed by atoms with Gasteiger partial charge in [-0.3, -0.25) is 4.79 Å². The second-order valence-corrected chi connectivity index (χ2v) is 1.84. The molecule has 0 saturated carbocycles. The molecule has 1 unspecified atom stereocenters. The average Bonchev–Trinajstić information content (AvgIpc) is 2.03. The second kappa shape index (κ2) is 6.81. The van der Waals surface area contributed by atoms with Gasteiger partial charge >= 0.3 is 0 Å². The van der Waals surface area contributed by atoms with Gasteiger partial charge in [-0.05, 0) is 19.1 Å². The highest BCUT2D eigenvalue weighted by molar-refractivity contribution is 5.38. The van der Waals surface area contributed by atoms with Crippen LogP contribution in [0.4, 0.5) is 0 Å². The van der Waals surface area contributed by atoms with Crippen LogP contribution in [0.5, 0.6) is 0 Å². The van der Waals surface area contributed by atoms with Crippen molar-refractivity contribution in [3.8, 4) is 0 Å². The molecule has 1 atom stereocenters. The molecule has 60 valence electrons. The van der Waals surface area contributed by atoms with E-state index in [-0.39, 0.29) is 6.10 Å². The Balaban J connectivity index is 3.84. The molecule has 0 rings (SSSR count). The van der Waals surface area contributed by atoms with E-state index in [0.717, 1.165) is 0 Å². The highest BCUT2D eigenvalue weighted by Crippen LogP contribution is 1.93. The maximum absolute atomic E-state index is 9.88. The zero-order valence-electron chi connectivity index (χ0n) is 6.57. The van der Waals surface area contributed by atoms with Crippen LogP contribution in [0.1, 0.15) is 6.92 Å². The van der Waals surface area contributed by atoms with E-state index in [1.165, 1.54) is 0 Å². The predicted octanol–water partition coefficient (Wildman–Crippen LogP) is 1.85. The van der Waals surface area contributed by atoms with Crippen molar-refractivity contribution in [2.45, 2.75) is 13.0 Å². The van der Waals surface area contributed by atoms with Crippen molar-refractivity contribution in [3.05, 3.63) is 37.0 Å². The summed E-state index contributed by atoms with van der Waals surface area (Å²) in [4.78, 5) is 9.88. The fourth-order valence-corrected chi connectivity index (χ4v) is 0.528. The maximum Gasteiger partial charge on any atom is 0.293 e. The van der Waals surface area contributed by atoms with E-state index < -0.39 is 0 Å². The minimum Gasteiger partial charge on any atom is -0.456 e. The molecule has 0 bridgehead atoms. The van der Waals surface area contributed by atoms with Gasteiger partial charge in [0.1, 0.15) is 6.10 Å². The average molecular weight is 152 g/mol. The van der Waals surface area contributed by atoms with E-state index >= 15 is 0 Å². The van der Waals surface area contributed by atoms with Gasteiger partial charge in [0.25, 0.3) is 6.47 Å². The normalized spacial score (nSPS) is 13.5. The monoisotopic (exact) mass is 152 g/mol. The largest absolute Gasteiger partial charge is 0.456 e. The van der Waals surface area contributed by atoms with Crippen molar-refractivity contribution in [2.24, 2.45) is 0 Å². The molecule has 0 N–H and O–H groups in total. The predicted molar refractivity (Wildman–Crippen MR) is 45.1 cm³/mol. The second-order valence-electron chi connectivity index (χ2n) is 1.84. The molecule has 0 aromatic carbocycles. The molecular formula is C9H12O2. The lowest BCUT2D eigenvalue weighted by Crippen LogP contribution is -2.03. The van der Waals surface area contributed by atoms with Crippen molar-refractivity contribution in [3.63, 3.8) is 0 Å². The lowest BCUT2D eigenvalue weighted by Gasteiger charge is -2.01. The third-order valence-electron chi connectivity index (χ3n) is 1.05. The van der Waals surface area contributed by atoms with Gasteiger partial charge in [0.15, 0.2) is 0 Å². The molecule has 0 aromatic heterocycles. The fraction of sp³-hybridized carbons (Fsp3) is 0.222. The van der Waals surface area contributed by atoms with Gasteiger partial charge in [0, 0.05) is 0 Å². The number of carbonyl (C=O) groups excluding carboxylic acids is 1. The van der Waals surface area contributed by atoms with Gasteiger partial charge in [0.2, 0.25) is 0 Å². The Morgan fingerprint density at radius 3 is 2.64 bits per heavy atom. The van der Waals surface area contributed by atoms with E-state index in [1.54, 1.807) is 18.2 Å². The molecule has 0 aromatic rings. The molecule has 0 aliphatic carbocycles. The summed E-state index contributed by atoms with van der Waals surface area (Å²) >= 11 is 0. The molecule has 2 heteroatoms. The number of hydrogen-bond acceptors (Lipinski definition) is 2. The van der Waals surface area contributed by atoms with Crippen molar-refractivity contribution in [1.82, 2.24) is 0 Å². The number of hydrogen-bond donors (Lipinski definition) is 0. The molecular weight excluding hydrogens is 140 g/mol. The molecule has 2 nitrogen and oxygen atoms in total. The Labute approximate surface area is 66.9 Å². The highest BCUT2D eigenvalue weighted by Gasteiger charge is 1.94. The Morgan fingerprint density at radius 1 is 1.45 bits per heavy atom. The summed E-state index contributed by atoms with van der Waals surface area (Å²) in [7, 11) is 0. The third kappa shape index (κ3) is 5.15. The summed E-state index contributed by atoms with van der Waals surface area (Å²) in [5.74, 6) is 0. The van der Waals surface area contributed by atoms with Crippen LogP contribution in [0.2, 0.25) is 0 Å². The SMILES string of the molecule is C=CC(C=CC=CC)OC=O. The molecule has 0 spiro atoms. The van der Waals surface area contributed by atoms with Gasteiger partial charge in [-0.2, -0.15) is 0 Å². The molecule has 0 aliphatic rings. The standard InChI is InChI=1S/C9H12O2/c1-3-5-6-7-9(4-2)11-8-10/h3-9H,2H2,1H3. The van der Waals surface area contributed by atoms with E-state index in [0.29, 0.717) is 6.47 Å². The minimum atomic E-state index is -0.316. The first-order chi connectivity index (χ1) is 5.35. The summed E-state index contributed by atoms with van der Waals surface area (Å²) in [6.07, 6.45) is 8.51. The lowest BCUT2D eigenvalue weighted by atomic mass is 10.3. The lowest BCUT2D eigenvalue weighted by molar-refractivity contribution is -0.129. The van der Waals surface area contributed by atoms with Gasteiger partial charge < -0.3 is 4.74 Å². The van der Waals surface area contributed by atoms with Crippen LogP contribution in [-0.2, 0) is 9.53 Å². The summed E-state index contributed by atoms with van der Waals surface area (Å²) < 4.78 is 4.62. The van der Waals surface area contributed by atoms with Crippen molar-refractivity contribution >= 4 is 6.47 Å². The Hall–Kier alpha value is -1.31. The van der Waals surface area contributed by atoms with Crippen LogP contribution in [0.25, 0.3) is 0 Å². The van der Waals surface area contributed by atoms with Crippen LogP contribution in [0, 0.1) is 0 Å². The molecule has 0 radical (unpaired) electrons. The first kappa shape index (κ1) is 9.69. The van der Waals surface area contributed by atoms with Crippen LogP contribution < -0.4 is 0 Å². The first-order valence-corrected chi connectivity index (χ1v) is 3.36. The van der Waals surface area contributed by atoms with Crippen LogP contribution in [0.3, 0.4) is 0 Å². The number of rotatable bonds is 5. The van der Waals surface area contributed by atoms with Crippen LogP contribution in [0.15, 0.2) is 37.0 Å².